The molecule has 1 heterocycles. The van der Waals surface area contributed by atoms with E-state index in [1.807, 2.05) is 24.3 Å². The third-order valence-electron chi connectivity index (χ3n) is 6.25. The number of hydroxylamine groups is 1. The Morgan fingerprint density at radius 3 is 2.59 bits per heavy atom. The first-order valence-corrected chi connectivity index (χ1v) is 10.7. The van der Waals surface area contributed by atoms with E-state index in [9.17, 15) is 4.79 Å². The Balaban J connectivity index is 1.49. The number of nitrogens with zero attached hydrogens (tertiary/aromatic N) is 1. The third-order valence-corrected chi connectivity index (χ3v) is 6.25. The Labute approximate surface area is 187 Å². The van der Waals surface area contributed by atoms with Gasteiger partial charge in [-0.3, -0.25) is 10.0 Å². The van der Waals surface area contributed by atoms with E-state index in [1.165, 1.54) is 28.0 Å². The maximum Gasteiger partial charge on any atom is 0.274 e. The van der Waals surface area contributed by atoms with Crippen LogP contribution in [0.2, 0.25) is 0 Å². The zero-order valence-electron chi connectivity index (χ0n) is 17.8. The summed E-state index contributed by atoms with van der Waals surface area (Å²) in [5, 5.41) is 11.1. The van der Waals surface area contributed by atoms with E-state index in [0.717, 1.165) is 24.2 Å². The summed E-state index contributed by atoms with van der Waals surface area (Å²) in [6, 6.07) is 24.3. The maximum atomic E-state index is 11.6. The van der Waals surface area contributed by atoms with Gasteiger partial charge in [0.15, 0.2) is 0 Å². The van der Waals surface area contributed by atoms with E-state index in [2.05, 4.69) is 46.8 Å². The fourth-order valence-corrected chi connectivity index (χ4v) is 4.69. The number of hydrazine groups is 1. The number of rotatable bonds is 5. The molecule has 0 fully saturated rings. The summed E-state index contributed by atoms with van der Waals surface area (Å²) in [6.45, 7) is 0.666. The number of methoxy groups -OCH3 is 1. The van der Waals surface area contributed by atoms with Crippen molar-refractivity contribution in [1.29, 1.82) is 0 Å². The standard InChI is InChI=1S/C26H25N3O3/c1-32-21-12-14-22-20(15-21)11-13-23-24(22)27-29(25(23)18-5-3-2-4-6-18)16-17-7-9-19(10-8-17)26(30)28-31/h2-10,12,14-15,25,27,31H,11,13,16H2,1H3,(H,28,30). The van der Waals surface area contributed by atoms with Gasteiger partial charge in [-0.25, -0.2) is 10.5 Å². The zero-order chi connectivity index (χ0) is 22.1. The predicted octanol–water partition coefficient (Wildman–Crippen LogP) is 4.23. The lowest BCUT2D eigenvalue weighted by molar-refractivity contribution is 0.0706. The Bertz CT molecular complexity index is 1170. The largest absolute Gasteiger partial charge is 0.497 e. The molecule has 0 aromatic heterocycles. The lowest BCUT2D eigenvalue weighted by Gasteiger charge is -2.27. The van der Waals surface area contributed by atoms with Gasteiger partial charge in [0.25, 0.3) is 5.91 Å². The number of amides is 1. The van der Waals surface area contributed by atoms with E-state index in [-0.39, 0.29) is 6.04 Å². The molecule has 3 N–H and O–H groups in total. The van der Waals surface area contributed by atoms with Crippen LogP contribution in [-0.2, 0) is 13.0 Å². The molecule has 0 spiro atoms. The molecule has 1 aliphatic heterocycles. The molecule has 3 aromatic rings. The normalized spacial score (nSPS) is 17.4. The van der Waals surface area contributed by atoms with Crippen LogP contribution < -0.4 is 15.6 Å². The Hall–Kier alpha value is -3.61. The van der Waals surface area contributed by atoms with Gasteiger partial charge < -0.3 is 10.2 Å². The Morgan fingerprint density at radius 1 is 1.09 bits per heavy atom. The van der Waals surface area contributed by atoms with Crippen molar-refractivity contribution in [3.8, 4) is 5.75 Å². The van der Waals surface area contributed by atoms with Crippen LogP contribution in [0.15, 0.2) is 78.4 Å². The number of carbonyl (C=O) groups is 1. The highest BCUT2D eigenvalue weighted by atomic mass is 16.5. The summed E-state index contributed by atoms with van der Waals surface area (Å²) in [5.41, 5.74) is 13.2. The average molecular weight is 428 g/mol. The summed E-state index contributed by atoms with van der Waals surface area (Å²) in [6.07, 6.45) is 1.96. The maximum absolute atomic E-state index is 11.6. The molecule has 162 valence electrons. The van der Waals surface area contributed by atoms with Crippen molar-refractivity contribution in [3.05, 3.63) is 106 Å². The minimum absolute atomic E-state index is 0.127. The van der Waals surface area contributed by atoms with E-state index in [4.69, 9.17) is 9.94 Å². The van der Waals surface area contributed by atoms with Crippen LogP contribution in [0.5, 0.6) is 5.75 Å². The molecule has 1 amide bonds. The van der Waals surface area contributed by atoms with Gasteiger partial charge >= 0.3 is 0 Å². The molecule has 0 bridgehead atoms. The molecule has 0 saturated carbocycles. The van der Waals surface area contributed by atoms with E-state index in [1.54, 1.807) is 24.7 Å². The SMILES string of the molecule is COc1ccc2c(c1)CCC1=C2NN(Cc2ccc(C(=O)NO)cc2)C1c1ccccc1. The van der Waals surface area contributed by atoms with Crippen molar-refractivity contribution >= 4 is 11.6 Å². The molecule has 1 unspecified atom stereocenters. The second-order valence-electron chi connectivity index (χ2n) is 8.11. The van der Waals surface area contributed by atoms with Crippen LogP contribution in [0.25, 0.3) is 5.70 Å². The summed E-state index contributed by atoms with van der Waals surface area (Å²) < 4.78 is 5.43. The molecule has 0 radical (unpaired) electrons. The van der Waals surface area contributed by atoms with Crippen molar-refractivity contribution < 1.29 is 14.7 Å². The molecule has 6 heteroatoms. The molecule has 2 aliphatic rings. The third kappa shape index (κ3) is 3.64. The van der Waals surface area contributed by atoms with Crippen molar-refractivity contribution in [2.24, 2.45) is 0 Å². The van der Waals surface area contributed by atoms with Crippen molar-refractivity contribution in [3.63, 3.8) is 0 Å². The summed E-state index contributed by atoms with van der Waals surface area (Å²) >= 11 is 0. The van der Waals surface area contributed by atoms with Gasteiger partial charge in [0.05, 0.1) is 18.8 Å². The highest BCUT2D eigenvalue weighted by Crippen LogP contribution is 2.45. The second kappa shape index (κ2) is 8.49. The smallest absolute Gasteiger partial charge is 0.274 e. The molecule has 1 aliphatic carbocycles. The van der Waals surface area contributed by atoms with Gasteiger partial charge in [0.2, 0.25) is 0 Å². The minimum Gasteiger partial charge on any atom is -0.497 e. The topological polar surface area (TPSA) is 73.8 Å². The van der Waals surface area contributed by atoms with E-state index in [0.29, 0.717) is 12.1 Å². The van der Waals surface area contributed by atoms with Gasteiger partial charge in [0, 0.05) is 17.7 Å². The highest BCUT2D eigenvalue weighted by Gasteiger charge is 2.36. The van der Waals surface area contributed by atoms with Gasteiger partial charge in [-0.15, -0.1) is 0 Å². The average Bonchev–Trinajstić information content (AvgIpc) is 3.22. The summed E-state index contributed by atoms with van der Waals surface area (Å²) in [4.78, 5) is 11.6. The molecular formula is C26H25N3O3. The number of benzene rings is 3. The Kier molecular flexibility index (Phi) is 5.39. The number of aryl methyl sites for hydroxylation is 1. The summed E-state index contributed by atoms with van der Waals surface area (Å²) in [5.74, 6) is 0.372. The van der Waals surface area contributed by atoms with Gasteiger partial charge in [-0.05, 0) is 65.4 Å². The van der Waals surface area contributed by atoms with Crippen molar-refractivity contribution in [1.82, 2.24) is 15.9 Å². The number of ether oxygens (including phenoxy) is 1. The molecule has 6 nitrogen and oxygen atoms in total. The number of carbonyl (C=O) groups excluding carboxylic acids is 1. The molecule has 1 atom stereocenters. The summed E-state index contributed by atoms with van der Waals surface area (Å²) in [7, 11) is 1.70. The first-order valence-electron chi connectivity index (χ1n) is 10.7. The first-order chi connectivity index (χ1) is 15.7. The van der Waals surface area contributed by atoms with Gasteiger partial charge in [-0.2, -0.15) is 0 Å². The fourth-order valence-electron chi connectivity index (χ4n) is 4.69. The van der Waals surface area contributed by atoms with Gasteiger partial charge in [-0.1, -0.05) is 42.5 Å². The quantitative estimate of drug-likeness (QED) is 0.420. The van der Waals surface area contributed by atoms with Crippen LogP contribution in [0.3, 0.4) is 0 Å². The monoisotopic (exact) mass is 427 g/mol. The first kappa shape index (κ1) is 20.3. The molecule has 5 rings (SSSR count). The van der Waals surface area contributed by atoms with Crippen molar-refractivity contribution in [2.45, 2.75) is 25.4 Å². The van der Waals surface area contributed by atoms with Gasteiger partial charge in [0.1, 0.15) is 5.75 Å². The number of hydrogen-bond donors (Lipinski definition) is 3. The van der Waals surface area contributed by atoms with Crippen molar-refractivity contribution in [2.75, 3.05) is 7.11 Å². The van der Waals surface area contributed by atoms with Crippen LogP contribution >= 0.6 is 0 Å². The molecule has 3 aromatic carbocycles. The van der Waals surface area contributed by atoms with Crippen LogP contribution in [0.1, 0.15) is 45.1 Å². The predicted molar refractivity (Wildman–Crippen MR) is 122 cm³/mol. The van der Waals surface area contributed by atoms with Crippen LogP contribution in [0.4, 0.5) is 0 Å². The zero-order valence-corrected chi connectivity index (χ0v) is 17.8. The molecule has 32 heavy (non-hydrogen) atoms. The lowest BCUT2D eigenvalue weighted by atomic mass is 9.85. The highest BCUT2D eigenvalue weighted by molar-refractivity contribution is 5.93. The Morgan fingerprint density at radius 2 is 1.88 bits per heavy atom. The second-order valence-corrected chi connectivity index (χ2v) is 8.11. The fraction of sp³-hybridized carbons (Fsp3) is 0.192. The van der Waals surface area contributed by atoms with Crippen LogP contribution in [-0.4, -0.2) is 23.2 Å². The van der Waals surface area contributed by atoms with Crippen LogP contribution in [0, 0.1) is 0 Å². The lowest BCUT2D eigenvalue weighted by Crippen LogP contribution is -2.33. The molecule has 0 saturated heterocycles. The van der Waals surface area contributed by atoms with E-state index >= 15 is 0 Å². The number of hydrogen-bond acceptors (Lipinski definition) is 5. The van der Waals surface area contributed by atoms with E-state index < -0.39 is 5.91 Å². The minimum atomic E-state index is -0.512. The number of nitrogens with one attached hydrogen (secondary N) is 2. The molecular weight excluding hydrogens is 402 g/mol. The number of fused-ring (bicyclic) bond motifs is 2.